The van der Waals surface area contributed by atoms with Gasteiger partial charge in [0.25, 0.3) is 0 Å². The van der Waals surface area contributed by atoms with Crippen molar-refractivity contribution >= 4 is 25.5 Å². The van der Waals surface area contributed by atoms with Gasteiger partial charge in [-0.25, -0.2) is 21.1 Å². The molecule has 2 saturated heterocycles. The second kappa shape index (κ2) is 11.5. The molecule has 2 aromatic rings. The summed E-state index contributed by atoms with van der Waals surface area (Å²) in [6.07, 6.45) is 8.28. The summed E-state index contributed by atoms with van der Waals surface area (Å²) in [4.78, 5) is 5.45. The van der Waals surface area contributed by atoms with Gasteiger partial charge in [-0.3, -0.25) is 0 Å². The molecule has 0 amide bonds. The first-order valence-corrected chi connectivity index (χ1v) is 19.2. The largest absolute Gasteiger partial charge is 0.371 e. The Morgan fingerprint density at radius 3 is 2.10 bits per heavy atom. The number of piperidine rings is 1. The Kier molecular flexibility index (Phi) is 8.26. The normalized spacial score (nSPS) is 26.3. The molecule has 42 heavy (non-hydrogen) atoms. The fourth-order valence-corrected chi connectivity index (χ4v) is 10.7. The molecular formula is C33H47N3O4S2. The van der Waals surface area contributed by atoms with Crippen LogP contribution in [0.25, 0.3) is 0 Å². The lowest BCUT2D eigenvalue weighted by molar-refractivity contribution is 0.0697. The number of anilines is 1. The van der Waals surface area contributed by atoms with Crippen molar-refractivity contribution < 1.29 is 16.8 Å². The Morgan fingerprint density at radius 2 is 1.50 bits per heavy atom. The zero-order valence-electron chi connectivity index (χ0n) is 25.4. The minimum absolute atomic E-state index is 0.0482. The minimum Gasteiger partial charge on any atom is -0.371 e. The van der Waals surface area contributed by atoms with Crippen LogP contribution in [0.3, 0.4) is 0 Å². The predicted molar refractivity (Wildman–Crippen MR) is 169 cm³/mol. The second-order valence-corrected chi connectivity index (χ2v) is 17.9. The monoisotopic (exact) mass is 613 g/mol. The molecule has 4 aliphatic rings. The molecule has 2 heterocycles. The first-order chi connectivity index (χ1) is 20.0. The predicted octanol–water partition coefficient (Wildman–Crippen LogP) is 4.79. The molecule has 4 fully saturated rings. The quantitative estimate of drug-likeness (QED) is 0.384. The maximum absolute atomic E-state index is 12.6. The van der Waals surface area contributed by atoms with E-state index < -0.39 is 19.9 Å². The van der Waals surface area contributed by atoms with Gasteiger partial charge in [0.2, 0.25) is 10.0 Å². The highest BCUT2D eigenvalue weighted by atomic mass is 32.2. The van der Waals surface area contributed by atoms with E-state index in [2.05, 4.69) is 47.1 Å². The molecule has 3 atom stereocenters. The Hall–Kier alpha value is -1.94. The molecule has 9 heteroatoms. The van der Waals surface area contributed by atoms with Gasteiger partial charge < -0.3 is 9.80 Å². The Morgan fingerprint density at radius 1 is 0.857 bits per heavy atom. The molecule has 6 rings (SSSR count). The third-order valence-electron chi connectivity index (χ3n) is 11.0. The highest BCUT2D eigenvalue weighted by Gasteiger charge is 2.50. The van der Waals surface area contributed by atoms with Gasteiger partial charge in [-0.15, -0.1) is 0 Å². The lowest BCUT2D eigenvalue weighted by atomic mass is 9.59. The molecule has 2 saturated carbocycles. The van der Waals surface area contributed by atoms with Crippen molar-refractivity contribution in [3.05, 3.63) is 60.2 Å². The van der Waals surface area contributed by atoms with Crippen molar-refractivity contribution in [3.8, 4) is 0 Å². The van der Waals surface area contributed by atoms with Crippen LogP contribution in [0, 0.1) is 17.8 Å². The average Bonchev–Trinajstić information content (AvgIpc) is 3.72. The molecule has 0 spiro atoms. The van der Waals surface area contributed by atoms with Gasteiger partial charge in [-0.05, 0) is 98.7 Å². The maximum atomic E-state index is 12.6. The summed E-state index contributed by atoms with van der Waals surface area (Å²) >= 11 is 0. The SMILES string of the molecule is CN([C@@H]1CCC[C@H]1C(C)(c1ccccc1)C1CCN(CC2CN(c3ccc(S(=O)(=O)C4CC4)cc3)C2)CC1)S(C)(=O)=O. The first-order valence-electron chi connectivity index (χ1n) is 15.8. The van der Waals surface area contributed by atoms with Gasteiger partial charge in [0, 0.05) is 44.3 Å². The third kappa shape index (κ3) is 5.78. The van der Waals surface area contributed by atoms with E-state index in [4.69, 9.17) is 0 Å². The van der Waals surface area contributed by atoms with Crippen molar-refractivity contribution in [1.29, 1.82) is 0 Å². The van der Waals surface area contributed by atoms with E-state index in [9.17, 15) is 16.8 Å². The van der Waals surface area contributed by atoms with Crippen LogP contribution in [-0.2, 0) is 25.3 Å². The fraction of sp³-hybridized carbons (Fsp3) is 0.636. The fourth-order valence-electron chi connectivity index (χ4n) is 8.26. The van der Waals surface area contributed by atoms with Crippen molar-refractivity contribution in [2.75, 3.05) is 50.9 Å². The average molecular weight is 614 g/mol. The molecule has 2 aromatic carbocycles. The number of sulfonamides is 1. The van der Waals surface area contributed by atoms with Crippen LogP contribution in [0.5, 0.6) is 0 Å². The molecule has 7 nitrogen and oxygen atoms in total. The lowest BCUT2D eigenvalue weighted by Gasteiger charge is -2.50. The van der Waals surface area contributed by atoms with Crippen LogP contribution in [0.15, 0.2) is 59.5 Å². The van der Waals surface area contributed by atoms with E-state index in [-0.39, 0.29) is 16.7 Å². The molecule has 1 unspecified atom stereocenters. The van der Waals surface area contributed by atoms with E-state index in [1.807, 2.05) is 12.1 Å². The summed E-state index contributed by atoms with van der Waals surface area (Å²) < 4.78 is 51.8. The third-order valence-corrected chi connectivity index (χ3v) is 14.6. The van der Waals surface area contributed by atoms with E-state index in [0.717, 1.165) is 83.4 Å². The minimum atomic E-state index is -3.25. The van der Waals surface area contributed by atoms with Gasteiger partial charge in [0.1, 0.15) is 0 Å². The number of benzene rings is 2. The van der Waals surface area contributed by atoms with Crippen molar-refractivity contribution in [3.63, 3.8) is 0 Å². The van der Waals surface area contributed by atoms with Gasteiger partial charge in [0.15, 0.2) is 9.84 Å². The Bertz CT molecular complexity index is 1450. The molecule has 0 radical (unpaired) electrons. The molecule has 0 bridgehead atoms. The maximum Gasteiger partial charge on any atom is 0.211 e. The second-order valence-electron chi connectivity index (χ2n) is 13.6. The van der Waals surface area contributed by atoms with Crippen LogP contribution >= 0.6 is 0 Å². The summed E-state index contributed by atoms with van der Waals surface area (Å²) in [6, 6.07) is 18.4. The number of likely N-dealkylation sites (tertiary alicyclic amines) is 1. The van der Waals surface area contributed by atoms with Crippen LogP contribution in [0.2, 0.25) is 0 Å². The van der Waals surface area contributed by atoms with Gasteiger partial charge in [-0.1, -0.05) is 43.7 Å². The van der Waals surface area contributed by atoms with Crippen molar-refractivity contribution in [1.82, 2.24) is 9.21 Å². The van der Waals surface area contributed by atoms with E-state index in [1.54, 1.807) is 23.5 Å². The van der Waals surface area contributed by atoms with Gasteiger partial charge >= 0.3 is 0 Å². The molecule has 0 aromatic heterocycles. The van der Waals surface area contributed by atoms with E-state index in [0.29, 0.717) is 22.6 Å². The van der Waals surface area contributed by atoms with Crippen LogP contribution < -0.4 is 4.90 Å². The molecular weight excluding hydrogens is 567 g/mol. The topological polar surface area (TPSA) is 78.0 Å². The lowest BCUT2D eigenvalue weighted by Crippen LogP contribution is -2.54. The molecule has 0 N–H and O–H groups in total. The van der Waals surface area contributed by atoms with Crippen molar-refractivity contribution in [2.45, 2.75) is 73.5 Å². The zero-order chi connectivity index (χ0) is 29.7. The Labute approximate surface area is 253 Å². The van der Waals surface area contributed by atoms with E-state index in [1.165, 1.54) is 11.8 Å². The number of sulfone groups is 1. The number of rotatable bonds is 10. The van der Waals surface area contributed by atoms with Crippen molar-refractivity contribution in [2.24, 2.45) is 17.8 Å². The summed E-state index contributed by atoms with van der Waals surface area (Å²) in [5.74, 6) is 1.44. The van der Waals surface area contributed by atoms with E-state index >= 15 is 0 Å². The standard InChI is InChI=1S/C33H47N3O4S2/c1-33(26-8-5-4-6-9-26,31-10-7-11-32(31)34(2)41(3,37)38)27-18-20-35(21-19-27)22-25-23-36(24-25)28-12-14-29(15-13-28)42(39,40)30-16-17-30/h4-6,8-9,12-15,25,27,30-32H,7,10-11,16-24H2,1-3H3/t31-,32-,33?/m1/s1. The van der Waals surface area contributed by atoms with Crippen LogP contribution in [0.4, 0.5) is 5.69 Å². The summed E-state index contributed by atoms with van der Waals surface area (Å²) in [6.45, 7) is 7.71. The number of hydrogen-bond donors (Lipinski definition) is 0. The van der Waals surface area contributed by atoms with Gasteiger partial charge in [0.05, 0.1) is 16.4 Å². The number of hydrogen-bond acceptors (Lipinski definition) is 6. The zero-order valence-corrected chi connectivity index (χ0v) is 27.0. The highest BCUT2D eigenvalue weighted by molar-refractivity contribution is 7.92. The molecule has 230 valence electrons. The Balaban J connectivity index is 1.07. The molecule has 2 aliphatic carbocycles. The summed E-state index contributed by atoms with van der Waals surface area (Å²) in [5, 5.41) is -0.167. The number of nitrogens with zero attached hydrogens (tertiary/aromatic N) is 3. The summed E-state index contributed by atoms with van der Waals surface area (Å²) in [5.41, 5.74) is 2.40. The van der Waals surface area contributed by atoms with Gasteiger partial charge in [-0.2, -0.15) is 0 Å². The van der Waals surface area contributed by atoms with Crippen LogP contribution in [-0.4, -0.2) is 83.4 Å². The first kappa shape index (κ1) is 30.1. The highest BCUT2D eigenvalue weighted by Crippen LogP contribution is 2.51. The summed E-state index contributed by atoms with van der Waals surface area (Å²) in [7, 11) is -4.61. The van der Waals surface area contributed by atoms with Crippen LogP contribution in [0.1, 0.15) is 57.4 Å². The smallest absolute Gasteiger partial charge is 0.211 e. The molecule has 2 aliphatic heterocycles.